The minimum atomic E-state index is 0.236. The van der Waals surface area contributed by atoms with Crippen molar-refractivity contribution in [3.63, 3.8) is 0 Å². The Morgan fingerprint density at radius 1 is 0.526 bits per heavy atom. The first kappa shape index (κ1) is 24.9. The van der Waals surface area contributed by atoms with Crippen LogP contribution >= 0.6 is 11.3 Å². The van der Waals surface area contributed by atoms with Gasteiger partial charge in [0.05, 0.1) is 0 Å². The molecule has 1 unspecified atom stereocenters. The molecule has 38 heavy (non-hydrogen) atoms. The molecule has 0 fully saturated rings. The smallest absolute Gasteiger partial charge is 0.0434 e. The lowest BCUT2D eigenvalue weighted by Crippen LogP contribution is -2.01. The summed E-state index contributed by atoms with van der Waals surface area (Å²) in [6.45, 7) is 2.28. The van der Waals surface area contributed by atoms with Gasteiger partial charge in [-0.05, 0) is 85.4 Å². The van der Waals surface area contributed by atoms with Crippen LogP contribution in [-0.4, -0.2) is 0 Å². The van der Waals surface area contributed by atoms with Crippen LogP contribution in [0.25, 0.3) is 32.3 Å². The SMILES string of the molecule is CCCCCCCCc1ccc2cc3cc(C(c4ccc5ccccc5c4)c4cccs4)ccc3cc2c1. The van der Waals surface area contributed by atoms with Crippen molar-refractivity contribution < 1.29 is 0 Å². The Bertz CT molecular complexity index is 1660. The summed E-state index contributed by atoms with van der Waals surface area (Å²) in [7, 11) is 0. The van der Waals surface area contributed by atoms with E-state index in [0.29, 0.717) is 0 Å². The Labute approximate surface area is 231 Å². The Balaban J connectivity index is 1.31. The standard InChI is InChI=1S/C37H36S/c1-2-3-4-5-6-7-11-27-15-16-30-25-35-26-33(20-18-31(35)24-34(30)22-27)37(36-14-10-21-38-36)32-19-17-28-12-8-9-13-29(28)23-32/h8-10,12-26,37H,2-7,11H2,1H3. The Morgan fingerprint density at radius 2 is 1.16 bits per heavy atom. The van der Waals surface area contributed by atoms with E-state index in [4.69, 9.17) is 0 Å². The fourth-order valence-electron chi connectivity index (χ4n) is 5.87. The zero-order chi connectivity index (χ0) is 25.7. The minimum absolute atomic E-state index is 0.236. The number of unbranched alkanes of at least 4 members (excludes halogenated alkanes) is 5. The van der Waals surface area contributed by atoms with E-state index < -0.39 is 0 Å². The number of fused-ring (bicyclic) bond motifs is 3. The Hall–Kier alpha value is -3.42. The van der Waals surface area contributed by atoms with Crippen molar-refractivity contribution in [2.24, 2.45) is 0 Å². The number of thiophene rings is 1. The molecule has 0 aliphatic heterocycles. The van der Waals surface area contributed by atoms with E-state index in [9.17, 15) is 0 Å². The van der Waals surface area contributed by atoms with Crippen LogP contribution in [0.2, 0.25) is 0 Å². The first-order valence-corrected chi connectivity index (χ1v) is 15.1. The van der Waals surface area contributed by atoms with Crippen LogP contribution in [-0.2, 0) is 6.42 Å². The fraction of sp³-hybridized carbons (Fsp3) is 0.243. The van der Waals surface area contributed by atoms with E-state index in [-0.39, 0.29) is 5.92 Å². The van der Waals surface area contributed by atoms with Gasteiger partial charge in [-0.15, -0.1) is 11.3 Å². The highest BCUT2D eigenvalue weighted by Gasteiger charge is 2.19. The third-order valence-corrected chi connectivity index (χ3v) is 8.91. The summed E-state index contributed by atoms with van der Waals surface area (Å²) in [6, 6.07) is 39.0. The molecule has 1 heterocycles. The first-order chi connectivity index (χ1) is 18.8. The number of aryl methyl sites for hydroxylation is 1. The van der Waals surface area contributed by atoms with E-state index in [1.165, 1.54) is 98.8 Å². The number of benzene rings is 5. The van der Waals surface area contributed by atoms with Gasteiger partial charge in [0.2, 0.25) is 0 Å². The molecular formula is C37H36S. The van der Waals surface area contributed by atoms with Gasteiger partial charge in [-0.3, -0.25) is 0 Å². The molecule has 0 aliphatic carbocycles. The molecule has 1 aromatic heterocycles. The van der Waals surface area contributed by atoms with Crippen LogP contribution in [0.3, 0.4) is 0 Å². The molecule has 1 heteroatoms. The van der Waals surface area contributed by atoms with Crippen molar-refractivity contribution in [3.8, 4) is 0 Å². The third-order valence-electron chi connectivity index (χ3n) is 7.97. The third kappa shape index (κ3) is 5.40. The first-order valence-electron chi connectivity index (χ1n) is 14.3. The summed E-state index contributed by atoms with van der Waals surface area (Å²) in [5.41, 5.74) is 4.18. The second-order valence-electron chi connectivity index (χ2n) is 10.7. The molecule has 0 nitrogen and oxygen atoms in total. The van der Waals surface area contributed by atoms with E-state index in [2.05, 4.69) is 115 Å². The van der Waals surface area contributed by atoms with Gasteiger partial charge in [-0.2, -0.15) is 0 Å². The molecule has 1 atom stereocenters. The van der Waals surface area contributed by atoms with E-state index in [1.54, 1.807) is 0 Å². The zero-order valence-corrected chi connectivity index (χ0v) is 23.1. The molecule has 190 valence electrons. The highest BCUT2D eigenvalue weighted by molar-refractivity contribution is 7.10. The molecule has 0 amide bonds. The van der Waals surface area contributed by atoms with E-state index in [0.717, 1.165) is 0 Å². The molecule has 0 saturated carbocycles. The molecule has 5 aromatic carbocycles. The predicted octanol–water partition coefficient (Wildman–Crippen LogP) is 11.3. The van der Waals surface area contributed by atoms with Crippen molar-refractivity contribution in [2.75, 3.05) is 0 Å². The van der Waals surface area contributed by atoms with Gasteiger partial charge in [0.15, 0.2) is 0 Å². The molecule has 0 N–H and O–H groups in total. The zero-order valence-electron chi connectivity index (χ0n) is 22.3. The number of rotatable bonds is 10. The maximum atomic E-state index is 2.42. The molecule has 0 aliphatic rings. The predicted molar refractivity (Wildman–Crippen MR) is 168 cm³/mol. The van der Waals surface area contributed by atoms with Crippen LogP contribution in [0.5, 0.6) is 0 Å². The van der Waals surface area contributed by atoms with Gasteiger partial charge in [-0.25, -0.2) is 0 Å². The molecule has 0 bridgehead atoms. The van der Waals surface area contributed by atoms with Crippen molar-refractivity contribution >= 4 is 43.7 Å². The minimum Gasteiger partial charge on any atom is -0.148 e. The van der Waals surface area contributed by atoms with Crippen molar-refractivity contribution in [2.45, 2.75) is 57.8 Å². The topological polar surface area (TPSA) is 0 Å². The summed E-state index contributed by atoms with van der Waals surface area (Å²) in [5.74, 6) is 0.236. The molecule has 6 rings (SSSR count). The van der Waals surface area contributed by atoms with Crippen molar-refractivity contribution in [1.82, 2.24) is 0 Å². The van der Waals surface area contributed by atoms with Gasteiger partial charge in [0, 0.05) is 10.8 Å². The second-order valence-corrected chi connectivity index (χ2v) is 11.7. The van der Waals surface area contributed by atoms with Gasteiger partial charge >= 0.3 is 0 Å². The lowest BCUT2D eigenvalue weighted by Gasteiger charge is -2.18. The van der Waals surface area contributed by atoms with E-state index in [1.807, 2.05) is 11.3 Å². The van der Waals surface area contributed by atoms with Gasteiger partial charge < -0.3 is 0 Å². The maximum absolute atomic E-state index is 2.42. The number of hydrogen-bond acceptors (Lipinski definition) is 1. The van der Waals surface area contributed by atoms with Gasteiger partial charge in [0.25, 0.3) is 0 Å². The average molecular weight is 513 g/mol. The summed E-state index contributed by atoms with van der Waals surface area (Å²) >= 11 is 1.85. The molecule has 0 spiro atoms. The molecule has 0 radical (unpaired) electrons. The summed E-state index contributed by atoms with van der Waals surface area (Å²) in [6.07, 6.45) is 9.29. The largest absolute Gasteiger partial charge is 0.148 e. The average Bonchev–Trinajstić information content (AvgIpc) is 3.48. The summed E-state index contributed by atoms with van der Waals surface area (Å²) < 4.78 is 0. The summed E-state index contributed by atoms with van der Waals surface area (Å²) in [4.78, 5) is 1.39. The second kappa shape index (κ2) is 11.5. The maximum Gasteiger partial charge on any atom is 0.0434 e. The van der Waals surface area contributed by atoms with Crippen molar-refractivity contribution in [3.05, 3.63) is 130 Å². The molecule has 6 aromatic rings. The monoisotopic (exact) mass is 512 g/mol. The fourth-order valence-corrected chi connectivity index (χ4v) is 6.75. The summed E-state index contributed by atoms with van der Waals surface area (Å²) in [5, 5.41) is 10.1. The van der Waals surface area contributed by atoms with Crippen molar-refractivity contribution in [1.29, 1.82) is 0 Å². The number of hydrogen-bond donors (Lipinski definition) is 0. The van der Waals surface area contributed by atoms with Crippen LogP contribution in [0, 0.1) is 0 Å². The normalized spacial score (nSPS) is 12.4. The highest BCUT2D eigenvalue weighted by Crippen LogP contribution is 2.37. The van der Waals surface area contributed by atoms with Crippen LogP contribution < -0.4 is 0 Å². The van der Waals surface area contributed by atoms with Crippen LogP contribution in [0.4, 0.5) is 0 Å². The van der Waals surface area contributed by atoms with Gasteiger partial charge in [-0.1, -0.05) is 124 Å². The lowest BCUT2D eigenvalue weighted by atomic mass is 9.87. The molecular weight excluding hydrogens is 476 g/mol. The van der Waals surface area contributed by atoms with Crippen LogP contribution in [0.15, 0.2) is 109 Å². The van der Waals surface area contributed by atoms with Crippen LogP contribution in [0.1, 0.15) is 72.9 Å². The lowest BCUT2D eigenvalue weighted by molar-refractivity contribution is 0.607. The highest BCUT2D eigenvalue weighted by atomic mass is 32.1. The van der Waals surface area contributed by atoms with Gasteiger partial charge in [0.1, 0.15) is 0 Å². The molecule has 0 saturated heterocycles. The Morgan fingerprint density at radius 3 is 1.92 bits per heavy atom. The van der Waals surface area contributed by atoms with E-state index >= 15 is 0 Å². The Kier molecular flexibility index (Phi) is 7.56. The quantitative estimate of drug-likeness (QED) is 0.126.